The summed E-state index contributed by atoms with van der Waals surface area (Å²) in [5, 5.41) is 0. The molecule has 0 aliphatic rings. The van der Waals surface area contributed by atoms with Crippen LogP contribution in [0.3, 0.4) is 0 Å². The second-order valence-corrected chi connectivity index (χ2v) is 3.54. The van der Waals surface area contributed by atoms with Gasteiger partial charge in [-0.1, -0.05) is 19.8 Å². The fourth-order valence-electron chi connectivity index (χ4n) is 1.50. The van der Waals surface area contributed by atoms with Crippen LogP contribution in [0.15, 0.2) is 0 Å². The summed E-state index contributed by atoms with van der Waals surface area (Å²) in [6.07, 6.45) is 5.35. The largest absolute Gasteiger partial charge is 0.297 e. The monoisotopic (exact) mass is 181 g/mol. The lowest BCUT2D eigenvalue weighted by molar-refractivity contribution is -0.128. The first kappa shape index (κ1) is 12.2. The van der Waals surface area contributed by atoms with Crippen LogP contribution < -0.4 is 0 Å². The van der Waals surface area contributed by atoms with Gasteiger partial charge >= 0.3 is 0 Å². The van der Waals surface area contributed by atoms with Crippen molar-refractivity contribution in [3.05, 3.63) is 0 Å². The molecule has 2 nitrogen and oxygen atoms in total. The number of carbonyl (C=O) groups excluding carboxylic acids is 1. The third kappa shape index (κ3) is 2.86. The highest BCUT2D eigenvalue weighted by Crippen LogP contribution is 2.16. The van der Waals surface area contributed by atoms with Gasteiger partial charge in [0.1, 0.15) is 0 Å². The minimum Gasteiger partial charge on any atom is -0.297 e. The maximum atomic E-state index is 11.6. The van der Waals surface area contributed by atoms with Gasteiger partial charge < -0.3 is 0 Å². The maximum absolute atomic E-state index is 11.6. The summed E-state index contributed by atoms with van der Waals surface area (Å²) < 4.78 is 0. The fraction of sp³-hybridized carbons (Fsp3) is 0.727. The molecule has 0 amide bonds. The zero-order valence-corrected chi connectivity index (χ0v) is 9.05. The first-order valence-electron chi connectivity index (χ1n) is 4.72. The number of Topliss-reactive ketones (excluding diaryl/α,β-unsaturated/α-hetero) is 1. The minimum absolute atomic E-state index is 0.124. The van der Waals surface area contributed by atoms with Crippen molar-refractivity contribution in [2.24, 2.45) is 0 Å². The van der Waals surface area contributed by atoms with Crippen LogP contribution >= 0.6 is 0 Å². The summed E-state index contributed by atoms with van der Waals surface area (Å²) in [5.74, 6) is 2.52. The smallest absolute Gasteiger partial charge is 0.164 e. The molecule has 0 aliphatic carbocycles. The Morgan fingerprint density at radius 1 is 1.38 bits per heavy atom. The molecule has 0 aliphatic heterocycles. The van der Waals surface area contributed by atoms with E-state index in [0.717, 1.165) is 13.1 Å². The van der Waals surface area contributed by atoms with Gasteiger partial charge in [-0.25, -0.2) is 0 Å². The molecule has 0 aromatic heterocycles. The van der Waals surface area contributed by atoms with Crippen molar-refractivity contribution in [2.45, 2.75) is 39.7 Å². The normalized spacial score (nSPS) is 11.4. The molecule has 0 atom stereocenters. The van der Waals surface area contributed by atoms with E-state index in [1.165, 1.54) is 0 Å². The van der Waals surface area contributed by atoms with Crippen LogP contribution in [-0.4, -0.2) is 29.3 Å². The van der Waals surface area contributed by atoms with Gasteiger partial charge in [0.15, 0.2) is 5.78 Å². The summed E-state index contributed by atoms with van der Waals surface area (Å²) in [4.78, 5) is 13.8. The quantitative estimate of drug-likeness (QED) is 0.602. The summed E-state index contributed by atoms with van der Waals surface area (Å²) in [7, 11) is 0. The van der Waals surface area contributed by atoms with Gasteiger partial charge in [-0.05, 0) is 26.9 Å². The van der Waals surface area contributed by atoms with Crippen molar-refractivity contribution in [3.63, 3.8) is 0 Å². The molecule has 0 fully saturated rings. The van der Waals surface area contributed by atoms with E-state index < -0.39 is 5.54 Å². The maximum Gasteiger partial charge on any atom is 0.164 e. The van der Waals surface area contributed by atoms with Gasteiger partial charge in [0.25, 0.3) is 0 Å². The molecule has 0 aromatic carbocycles. The number of terminal acetylenes is 1. The van der Waals surface area contributed by atoms with Crippen LogP contribution in [0.5, 0.6) is 0 Å². The van der Waals surface area contributed by atoms with Crippen LogP contribution in [-0.2, 0) is 4.79 Å². The molecule has 0 saturated carbocycles. The van der Waals surface area contributed by atoms with Crippen molar-refractivity contribution in [1.82, 2.24) is 4.90 Å². The molecular weight excluding hydrogens is 162 g/mol. The van der Waals surface area contributed by atoms with Gasteiger partial charge in [-0.3, -0.25) is 9.69 Å². The summed E-state index contributed by atoms with van der Waals surface area (Å²) in [6, 6.07) is 0. The second-order valence-electron chi connectivity index (χ2n) is 3.54. The number of nitrogens with zero attached hydrogens (tertiary/aromatic N) is 1. The van der Waals surface area contributed by atoms with Crippen LogP contribution in [0.1, 0.15) is 34.1 Å². The predicted octanol–water partition coefficient (Wildman–Crippen LogP) is 1.70. The Morgan fingerprint density at radius 3 is 2.15 bits per heavy atom. The molecule has 0 saturated heterocycles. The highest BCUT2D eigenvalue weighted by Gasteiger charge is 2.31. The number of likely N-dealkylation sites (N-methyl/N-ethyl adjacent to an activating group) is 1. The average molecular weight is 181 g/mol. The molecule has 0 bridgehead atoms. The molecule has 0 unspecified atom stereocenters. The standard InChI is InChI=1S/C11H19NO/c1-6-9-10(13)11(4,5)12(7-2)8-3/h1H,7-9H2,2-5H3. The molecule has 13 heavy (non-hydrogen) atoms. The van der Waals surface area contributed by atoms with Crippen LogP contribution in [0.25, 0.3) is 0 Å². The Bertz CT molecular complexity index is 209. The van der Waals surface area contributed by atoms with Crippen molar-refractivity contribution < 1.29 is 4.79 Å². The topological polar surface area (TPSA) is 20.3 Å². The van der Waals surface area contributed by atoms with Crippen LogP contribution in [0, 0.1) is 12.3 Å². The minimum atomic E-state index is -0.421. The van der Waals surface area contributed by atoms with E-state index in [2.05, 4.69) is 24.7 Å². The number of carbonyl (C=O) groups is 1. The molecule has 74 valence electrons. The van der Waals surface area contributed by atoms with E-state index >= 15 is 0 Å². The van der Waals surface area contributed by atoms with Crippen molar-refractivity contribution in [1.29, 1.82) is 0 Å². The third-order valence-electron chi connectivity index (χ3n) is 2.50. The van der Waals surface area contributed by atoms with Crippen molar-refractivity contribution in [3.8, 4) is 12.3 Å². The Kier molecular flexibility index (Phi) is 4.72. The SMILES string of the molecule is C#CCC(=O)C(C)(C)N(CC)CC. The first-order chi connectivity index (χ1) is 6.00. The second kappa shape index (κ2) is 5.04. The predicted molar refractivity (Wildman–Crippen MR) is 55.5 cm³/mol. The van der Waals surface area contributed by atoms with Crippen molar-refractivity contribution >= 4 is 5.78 Å². The lowest BCUT2D eigenvalue weighted by Gasteiger charge is -2.35. The first-order valence-corrected chi connectivity index (χ1v) is 4.72. The van der Waals surface area contributed by atoms with E-state index in [-0.39, 0.29) is 12.2 Å². The molecule has 0 heterocycles. The van der Waals surface area contributed by atoms with E-state index in [9.17, 15) is 4.79 Å². The van der Waals surface area contributed by atoms with Gasteiger partial charge in [0.05, 0.1) is 12.0 Å². The van der Waals surface area contributed by atoms with E-state index in [1.54, 1.807) is 0 Å². The number of rotatable bonds is 5. The summed E-state index contributed by atoms with van der Waals surface area (Å²) >= 11 is 0. The number of ketones is 1. The summed E-state index contributed by atoms with van der Waals surface area (Å²) in [6.45, 7) is 9.71. The lowest BCUT2D eigenvalue weighted by atomic mass is 9.94. The molecule has 0 spiro atoms. The van der Waals surface area contributed by atoms with E-state index in [1.807, 2.05) is 13.8 Å². The average Bonchev–Trinajstić information content (AvgIpc) is 2.06. The summed E-state index contributed by atoms with van der Waals surface area (Å²) in [5.41, 5.74) is -0.421. The molecule has 0 radical (unpaired) electrons. The van der Waals surface area contributed by atoms with Crippen molar-refractivity contribution in [2.75, 3.05) is 13.1 Å². The highest BCUT2D eigenvalue weighted by atomic mass is 16.1. The van der Waals surface area contributed by atoms with Gasteiger partial charge in [-0.2, -0.15) is 0 Å². The Morgan fingerprint density at radius 2 is 1.85 bits per heavy atom. The van der Waals surface area contributed by atoms with Gasteiger partial charge in [-0.15, -0.1) is 6.42 Å². The Labute approximate surface area is 81.3 Å². The highest BCUT2D eigenvalue weighted by molar-refractivity contribution is 5.89. The van der Waals surface area contributed by atoms with Crippen LogP contribution in [0.2, 0.25) is 0 Å². The molecule has 2 heteroatoms. The Balaban J connectivity index is 4.53. The van der Waals surface area contributed by atoms with E-state index in [4.69, 9.17) is 6.42 Å². The Hall–Kier alpha value is -0.810. The number of hydrogen-bond donors (Lipinski definition) is 0. The molecule has 0 rings (SSSR count). The third-order valence-corrected chi connectivity index (χ3v) is 2.50. The molecule has 0 aromatic rings. The van der Waals surface area contributed by atoms with Gasteiger partial charge in [0, 0.05) is 0 Å². The number of hydrogen-bond acceptors (Lipinski definition) is 2. The molecular formula is C11H19NO. The fourth-order valence-corrected chi connectivity index (χ4v) is 1.50. The van der Waals surface area contributed by atoms with Gasteiger partial charge in [0.2, 0.25) is 0 Å². The lowest BCUT2D eigenvalue weighted by Crippen LogP contribution is -2.49. The molecule has 0 N–H and O–H groups in total. The zero-order valence-electron chi connectivity index (χ0n) is 9.05. The van der Waals surface area contributed by atoms with E-state index in [0.29, 0.717) is 0 Å². The zero-order chi connectivity index (χ0) is 10.5. The van der Waals surface area contributed by atoms with Crippen LogP contribution in [0.4, 0.5) is 0 Å².